The summed E-state index contributed by atoms with van der Waals surface area (Å²) in [5, 5.41) is 5.90. The number of rotatable bonds is 7. The number of likely N-dealkylation sites (N-methyl/N-ethyl adjacent to an activating group) is 2. The van der Waals surface area contributed by atoms with Gasteiger partial charge in [0.25, 0.3) is 0 Å². The molecule has 0 unspecified atom stereocenters. The van der Waals surface area contributed by atoms with Crippen molar-refractivity contribution in [3.63, 3.8) is 0 Å². The Bertz CT molecular complexity index is 294. The molecule has 6 heteroatoms. The smallest absolute Gasteiger partial charge is 0.224 e. The van der Waals surface area contributed by atoms with Gasteiger partial charge >= 0.3 is 0 Å². The second kappa shape index (κ2) is 10.9. The van der Waals surface area contributed by atoms with Crippen LogP contribution in [0.3, 0.4) is 0 Å². The lowest BCUT2D eigenvalue weighted by Gasteiger charge is -2.21. The zero-order valence-electron chi connectivity index (χ0n) is 12.6. The summed E-state index contributed by atoms with van der Waals surface area (Å²) >= 11 is 0. The number of hydrogen-bond donors (Lipinski definition) is 2. The van der Waals surface area contributed by atoms with E-state index in [0.717, 1.165) is 32.2 Å². The van der Waals surface area contributed by atoms with Gasteiger partial charge in [-0.1, -0.05) is 19.3 Å². The van der Waals surface area contributed by atoms with Gasteiger partial charge in [-0.15, -0.1) is 12.4 Å². The van der Waals surface area contributed by atoms with Crippen LogP contribution in [0.1, 0.15) is 38.5 Å². The number of carbonyl (C=O) groups is 2. The van der Waals surface area contributed by atoms with Crippen molar-refractivity contribution in [3.05, 3.63) is 0 Å². The van der Waals surface area contributed by atoms with Crippen LogP contribution in [-0.2, 0) is 9.59 Å². The number of hydrogen-bond acceptors (Lipinski definition) is 3. The molecule has 0 aromatic carbocycles. The third-order valence-corrected chi connectivity index (χ3v) is 3.74. The van der Waals surface area contributed by atoms with Crippen molar-refractivity contribution in [2.75, 3.05) is 33.7 Å². The summed E-state index contributed by atoms with van der Waals surface area (Å²) in [6.45, 7) is 1.95. The number of nitrogens with zero attached hydrogens (tertiary/aromatic N) is 1. The van der Waals surface area contributed by atoms with Crippen molar-refractivity contribution in [1.29, 1.82) is 0 Å². The zero-order chi connectivity index (χ0) is 14.1. The molecule has 0 aliphatic heterocycles. The average Bonchev–Trinajstić information content (AvgIpc) is 2.45. The zero-order valence-corrected chi connectivity index (χ0v) is 13.4. The van der Waals surface area contributed by atoms with Crippen LogP contribution >= 0.6 is 12.4 Å². The number of nitrogens with one attached hydrogen (secondary N) is 2. The van der Waals surface area contributed by atoms with E-state index in [1.807, 2.05) is 7.05 Å². The van der Waals surface area contributed by atoms with Crippen LogP contribution in [0.25, 0.3) is 0 Å². The molecule has 0 saturated heterocycles. The van der Waals surface area contributed by atoms with Crippen LogP contribution in [-0.4, -0.2) is 50.4 Å². The predicted molar refractivity (Wildman–Crippen MR) is 83.0 cm³/mol. The van der Waals surface area contributed by atoms with Gasteiger partial charge in [-0.25, -0.2) is 0 Å². The van der Waals surface area contributed by atoms with Gasteiger partial charge in [0.2, 0.25) is 11.8 Å². The summed E-state index contributed by atoms with van der Waals surface area (Å²) in [6, 6.07) is 0. The molecule has 2 amide bonds. The molecule has 1 fully saturated rings. The third kappa shape index (κ3) is 7.10. The van der Waals surface area contributed by atoms with Crippen LogP contribution in [0.5, 0.6) is 0 Å². The van der Waals surface area contributed by atoms with E-state index in [1.54, 1.807) is 11.9 Å². The van der Waals surface area contributed by atoms with Crippen LogP contribution in [0.15, 0.2) is 0 Å². The first-order valence-corrected chi connectivity index (χ1v) is 7.31. The topological polar surface area (TPSA) is 61.4 Å². The van der Waals surface area contributed by atoms with Gasteiger partial charge in [0.05, 0.1) is 0 Å². The minimum absolute atomic E-state index is 0. The summed E-state index contributed by atoms with van der Waals surface area (Å²) in [6.07, 6.45) is 5.95. The Hall–Kier alpha value is -0.810. The molecule has 0 heterocycles. The molecule has 0 atom stereocenters. The number of halogens is 1. The first kappa shape index (κ1) is 19.2. The second-order valence-corrected chi connectivity index (χ2v) is 5.29. The third-order valence-electron chi connectivity index (χ3n) is 3.74. The molecule has 0 radical (unpaired) electrons. The molecule has 1 aliphatic carbocycles. The fourth-order valence-electron chi connectivity index (χ4n) is 2.40. The van der Waals surface area contributed by atoms with Crippen LogP contribution < -0.4 is 10.6 Å². The van der Waals surface area contributed by atoms with Crippen molar-refractivity contribution in [1.82, 2.24) is 15.5 Å². The lowest BCUT2D eigenvalue weighted by Crippen LogP contribution is -2.37. The van der Waals surface area contributed by atoms with Crippen molar-refractivity contribution in [2.24, 2.45) is 5.92 Å². The second-order valence-electron chi connectivity index (χ2n) is 5.29. The summed E-state index contributed by atoms with van der Waals surface area (Å²) < 4.78 is 0. The van der Waals surface area contributed by atoms with Crippen molar-refractivity contribution >= 4 is 24.2 Å². The van der Waals surface area contributed by atoms with E-state index < -0.39 is 0 Å². The van der Waals surface area contributed by atoms with Gasteiger partial charge < -0.3 is 15.5 Å². The maximum atomic E-state index is 11.9. The molecule has 0 spiro atoms. The molecule has 1 saturated carbocycles. The molecule has 20 heavy (non-hydrogen) atoms. The highest BCUT2D eigenvalue weighted by molar-refractivity contribution is 5.85. The summed E-state index contributed by atoms with van der Waals surface area (Å²) in [4.78, 5) is 25.3. The monoisotopic (exact) mass is 305 g/mol. The number of amides is 2. The molecular formula is C14H28ClN3O2. The molecule has 0 bridgehead atoms. The van der Waals surface area contributed by atoms with E-state index in [2.05, 4.69) is 10.6 Å². The maximum Gasteiger partial charge on any atom is 0.224 e. The van der Waals surface area contributed by atoms with Crippen LogP contribution in [0.4, 0.5) is 0 Å². The van der Waals surface area contributed by atoms with Crippen molar-refractivity contribution in [3.8, 4) is 0 Å². The Morgan fingerprint density at radius 1 is 1.15 bits per heavy atom. The van der Waals surface area contributed by atoms with E-state index in [1.165, 1.54) is 6.42 Å². The van der Waals surface area contributed by atoms with Gasteiger partial charge in [0.15, 0.2) is 0 Å². The highest BCUT2D eigenvalue weighted by Crippen LogP contribution is 2.23. The van der Waals surface area contributed by atoms with Gasteiger partial charge in [-0.3, -0.25) is 9.59 Å². The van der Waals surface area contributed by atoms with Gasteiger partial charge in [0.1, 0.15) is 0 Å². The van der Waals surface area contributed by atoms with E-state index in [9.17, 15) is 9.59 Å². The van der Waals surface area contributed by atoms with E-state index in [-0.39, 0.29) is 30.1 Å². The van der Waals surface area contributed by atoms with Gasteiger partial charge in [-0.2, -0.15) is 0 Å². The number of carbonyl (C=O) groups excluding carboxylic acids is 2. The van der Waals surface area contributed by atoms with E-state index in [0.29, 0.717) is 19.5 Å². The minimum Gasteiger partial charge on any atom is -0.355 e. The first-order chi connectivity index (χ1) is 9.15. The lowest BCUT2D eigenvalue weighted by molar-refractivity contribution is -0.130. The van der Waals surface area contributed by atoms with Crippen LogP contribution in [0.2, 0.25) is 0 Å². The largest absolute Gasteiger partial charge is 0.355 e. The SMILES string of the molecule is CNCCN(C)C(=O)CCNC(=O)C1CCCCC1.Cl. The molecule has 5 nitrogen and oxygen atoms in total. The Balaban J connectivity index is 0.00000361. The summed E-state index contributed by atoms with van der Waals surface area (Å²) in [5.41, 5.74) is 0. The van der Waals surface area contributed by atoms with E-state index >= 15 is 0 Å². The molecule has 1 aliphatic rings. The Morgan fingerprint density at radius 2 is 1.80 bits per heavy atom. The van der Waals surface area contributed by atoms with Crippen molar-refractivity contribution in [2.45, 2.75) is 38.5 Å². The average molecular weight is 306 g/mol. The van der Waals surface area contributed by atoms with E-state index in [4.69, 9.17) is 0 Å². The molecule has 118 valence electrons. The molecular weight excluding hydrogens is 278 g/mol. The summed E-state index contributed by atoms with van der Waals surface area (Å²) in [5.74, 6) is 0.385. The molecule has 1 rings (SSSR count). The molecule has 0 aromatic rings. The van der Waals surface area contributed by atoms with Crippen molar-refractivity contribution < 1.29 is 9.59 Å². The predicted octanol–water partition coefficient (Wildman–Crippen LogP) is 1.17. The van der Waals surface area contributed by atoms with Crippen LogP contribution in [0, 0.1) is 5.92 Å². The van der Waals surface area contributed by atoms with Gasteiger partial charge in [-0.05, 0) is 19.9 Å². The summed E-state index contributed by atoms with van der Waals surface area (Å²) in [7, 11) is 3.66. The Kier molecular flexibility index (Phi) is 10.5. The highest BCUT2D eigenvalue weighted by atomic mass is 35.5. The molecule has 0 aromatic heterocycles. The first-order valence-electron chi connectivity index (χ1n) is 7.31. The fourth-order valence-corrected chi connectivity index (χ4v) is 2.40. The minimum atomic E-state index is 0. The lowest BCUT2D eigenvalue weighted by atomic mass is 9.89. The highest BCUT2D eigenvalue weighted by Gasteiger charge is 2.20. The molecule has 2 N–H and O–H groups in total. The quantitative estimate of drug-likeness (QED) is 0.742. The standard InChI is InChI=1S/C14H27N3O2.ClH/c1-15-10-11-17(2)13(18)8-9-16-14(19)12-6-4-3-5-7-12;/h12,15H,3-11H2,1-2H3,(H,16,19);1H. The fraction of sp³-hybridized carbons (Fsp3) is 0.857. The maximum absolute atomic E-state index is 11.9. The normalized spacial score (nSPS) is 15.3. The Morgan fingerprint density at radius 3 is 2.40 bits per heavy atom. The van der Waals surface area contributed by atoms with Gasteiger partial charge in [0, 0.05) is 39.0 Å². The Labute approximate surface area is 128 Å².